The van der Waals surface area contributed by atoms with Crippen LogP contribution in [0.2, 0.25) is 0 Å². The zero-order valence-electron chi connectivity index (χ0n) is 12.8. The van der Waals surface area contributed by atoms with E-state index in [1.807, 2.05) is 43.0 Å². The smallest absolute Gasteiger partial charge is 0.263 e. The van der Waals surface area contributed by atoms with Crippen LogP contribution in [0.5, 0.6) is 5.75 Å². The van der Waals surface area contributed by atoms with E-state index < -0.39 is 0 Å². The molecule has 1 saturated heterocycles. The van der Waals surface area contributed by atoms with Gasteiger partial charge in [-0.25, -0.2) is 0 Å². The van der Waals surface area contributed by atoms with E-state index in [0.717, 1.165) is 30.8 Å². The standard InChI is InChI=1S/C17H25NO2/c1-4-15(20-16-10-6-5-9-14(16)3)17(19)18-11-7-8-13(2)12-18/h5-6,9-10,13,15H,4,7-8,11-12H2,1-3H3/t13-,15-/m1/s1. The lowest BCUT2D eigenvalue weighted by atomic mass is 9.99. The van der Waals surface area contributed by atoms with Crippen molar-refractivity contribution < 1.29 is 9.53 Å². The number of amides is 1. The van der Waals surface area contributed by atoms with E-state index >= 15 is 0 Å². The van der Waals surface area contributed by atoms with E-state index in [4.69, 9.17) is 4.74 Å². The van der Waals surface area contributed by atoms with Gasteiger partial charge in [-0.15, -0.1) is 0 Å². The van der Waals surface area contributed by atoms with Crippen molar-refractivity contribution >= 4 is 5.91 Å². The summed E-state index contributed by atoms with van der Waals surface area (Å²) in [4.78, 5) is 14.6. The Labute approximate surface area is 121 Å². The highest BCUT2D eigenvalue weighted by molar-refractivity contribution is 5.81. The molecule has 0 spiro atoms. The molecular formula is C17H25NO2. The summed E-state index contributed by atoms with van der Waals surface area (Å²) in [6.45, 7) is 7.97. The van der Waals surface area contributed by atoms with Crippen LogP contribution in [0, 0.1) is 12.8 Å². The van der Waals surface area contributed by atoms with Gasteiger partial charge in [-0.1, -0.05) is 32.0 Å². The van der Waals surface area contributed by atoms with Gasteiger partial charge in [-0.3, -0.25) is 4.79 Å². The summed E-state index contributed by atoms with van der Waals surface area (Å²) in [5.74, 6) is 1.56. The lowest BCUT2D eigenvalue weighted by molar-refractivity contribution is -0.140. The summed E-state index contributed by atoms with van der Waals surface area (Å²) < 4.78 is 5.95. The molecule has 0 aromatic heterocycles. The van der Waals surface area contributed by atoms with Crippen LogP contribution in [0.4, 0.5) is 0 Å². The Hall–Kier alpha value is -1.51. The molecule has 1 fully saturated rings. The lowest BCUT2D eigenvalue weighted by Crippen LogP contribution is -2.46. The Bertz CT molecular complexity index is 458. The second-order valence-electron chi connectivity index (χ2n) is 5.81. The van der Waals surface area contributed by atoms with Gasteiger partial charge in [0.1, 0.15) is 5.75 Å². The van der Waals surface area contributed by atoms with Crippen LogP contribution in [-0.4, -0.2) is 30.0 Å². The van der Waals surface area contributed by atoms with E-state index in [0.29, 0.717) is 12.3 Å². The fraction of sp³-hybridized carbons (Fsp3) is 0.588. The molecule has 1 aliphatic heterocycles. The Morgan fingerprint density at radius 3 is 2.85 bits per heavy atom. The van der Waals surface area contributed by atoms with Crippen LogP contribution in [0.1, 0.15) is 38.7 Å². The van der Waals surface area contributed by atoms with Crippen molar-refractivity contribution in [1.29, 1.82) is 0 Å². The minimum absolute atomic E-state index is 0.141. The van der Waals surface area contributed by atoms with Crippen molar-refractivity contribution in [1.82, 2.24) is 4.90 Å². The number of ether oxygens (including phenoxy) is 1. The van der Waals surface area contributed by atoms with Crippen molar-refractivity contribution in [3.05, 3.63) is 29.8 Å². The van der Waals surface area contributed by atoms with Crippen molar-refractivity contribution in [2.24, 2.45) is 5.92 Å². The lowest BCUT2D eigenvalue weighted by Gasteiger charge is -2.33. The number of benzene rings is 1. The third-order valence-electron chi connectivity index (χ3n) is 3.98. The first-order chi connectivity index (χ1) is 9.61. The number of hydrogen-bond donors (Lipinski definition) is 0. The number of rotatable bonds is 4. The molecule has 1 amide bonds. The van der Waals surface area contributed by atoms with E-state index in [1.165, 1.54) is 6.42 Å². The Morgan fingerprint density at radius 2 is 2.20 bits per heavy atom. The molecule has 1 heterocycles. The SMILES string of the molecule is CC[C@@H](Oc1ccccc1C)C(=O)N1CCC[C@@H](C)C1. The van der Waals surface area contributed by atoms with Gasteiger partial charge in [0, 0.05) is 13.1 Å². The highest BCUT2D eigenvalue weighted by Crippen LogP contribution is 2.22. The molecule has 20 heavy (non-hydrogen) atoms. The first kappa shape index (κ1) is 14.9. The van der Waals surface area contributed by atoms with Crippen LogP contribution in [0.25, 0.3) is 0 Å². The molecule has 0 saturated carbocycles. The zero-order chi connectivity index (χ0) is 14.5. The molecule has 2 atom stereocenters. The van der Waals surface area contributed by atoms with Gasteiger partial charge in [-0.2, -0.15) is 0 Å². The number of piperidine rings is 1. The van der Waals surface area contributed by atoms with Crippen LogP contribution in [0.15, 0.2) is 24.3 Å². The molecule has 1 aromatic carbocycles. The minimum atomic E-state index is -0.360. The number of para-hydroxylation sites is 1. The Kier molecular flexibility index (Phi) is 5.05. The Balaban J connectivity index is 2.04. The molecule has 1 aliphatic rings. The molecular weight excluding hydrogens is 250 g/mol. The van der Waals surface area contributed by atoms with E-state index in [9.17, 15) is 4.79 Å². The molecule has 1 aromatic rings. The average Bonchev–Trinajstić information content (AvgIpc) is 2.46. The molecule has 0 unspecified atom stereocenters. The molecule has 0 aliphatic carbocycles. The number of nitrogens with zero attached hydrogens (tertiary/aromatic N) is 1. The van der Waals surface area contributed by atoms with E-state index in [1.54, 1.807) is 0 Å². The topological polar surface area (TPSA) is 29.5 Å². The summed E-state index contributed by atoms with van der Waals surface area (Å²) in [7, 11) is 0. The largest absolute Gasteiger partial charge is 0.480 e. The first-order valence-electron chi connectivity index (χ1n) is 7.63. The molecule has 110 valence electrons. The molecule has 0 radical (unpaired) electrons. The third-order valence-corrected chi connectivity index (χ3v) is 3.98. The van der Waals surface area contributed by atoms with Crippen molar-refractivity contribution in [2.75, 3.05) is 13.1 Å². The number of hydrogen-bond acceptors (Lipinski definition) is 2. The molecule has 0 N–H and O–H groups in total. The summed E-state index contributed by atoms with van der Waals surface area (Å²) in [6, 6.07) is 7.87. The van der Waals surface area contributed by atoms with Gasteiger partial charge < -0.3 is 9.64 Å². The Morgan fingerprint density at radius 1 is 1.45 bits per heavy atom. The van der Waals surface area contributed by atoms with Crippen LogP contribution >= 0.6 is 0 Å². The summed E-state index contributed by atoms with van der Waals surface area (Å²) in [5, 5.41) is 0. The van der Waals surface area contributed by atoms with Gasteiger partial charge >= 0.3 is 0 Å². The van der Waals surface area contributed by atoms with Crippen LogP contribution < -0.4 is 4.74 Å². The van der Waals surface area contributed by atoms with Gasteiger partial charge in [-0.05, 0) is 43.7 Å². The number of aryl methyl sites for hydroxylation is 1. The molecule has 3 heteroatoms. The second-order valence-corrected chi connectivity index (χ2v) is 5.81. The quantitative estimate of drug-likeness (QED) is 0.842. The van der Waals surface area contributed by atoms with E-state index in [-0.39, 0.29) is 12.0 Å². The average molecular weight is 275 g/mol. The molecule has 3 nitrogen and oxygen atoms in total. The summed E-state index contributed by atoms with van der Waals surface area (Å²) in [5.41, 5.74) is 1.07. The van der Waals surface area contributed by atoms with Crippen molar-refractivity contribution in [2.45, 2.75) is 46.1 Å². The number of carbonyl (C=O) groups is 1. The summed E-state index contributed by atoms with van der Waals surface area (Å²) >= 11 is 0. The van der Waals surface area contributed by atoms with E-state index in [2.05, 4.69) is 6.92 Å². The zero-order valence-corrected chi connectivity index (χ0v) is 12.8. The summed E-state index contributed by atoms with van der Waals surface area (Å²) in [6.07, 6.45) is 2.67. The minimum Gasteiger partial charge on any atom is -0.480 e. The van der Waals surface area contributed by atoms with Gasteiger partial charge in [0.05, 0.1) is 0 Å². The maximum absolute atomic E-state index is 12.6. The highest BCUT2D eigenvalue weighted by atomic mass is 16.5. The van der Waals surface area contributed by atoms with Crippen LogP contribution in [-0.2, 0) is 4.79 Å². The second kappa shape index (κ2) is 6.78. The van der Waals surface area contributed by atoms with Crippen molar-refractivity contribution in [3.63, 3.8) is 0 Å². The van der Waals surface area contributed by atoms with Gasteiger partial charge in [0.25, 0.3) is 5.91 Å². The fourth-order valence-corrected chi connectivity index (χ4v) is 2.74. The van der Waals surface area contributed by atoms with Gasteiger partial charge in [0.15, 0.2) is 6.10 Å². The number of carbonyl (C=O) groups excluding carboxylic acids is 1. The van der Waals surface area contributed by atoms with Crippen LogP contribution in [0.3, 0.4) is 0 Å². The monoisotopic (exact) mass is 275 g/mol. The first-order valence-corrected chi connectivity index (χ1v) is 7.63. The predicted molar refractivity (Wildman–Crippen MR) is 80.9 cm³/mol. The maximum Gasteiger partial charge on any atom is 0.263 e. The maximum atomic E-state index is 12.6. The fourth-order valence-electron chi connectivity index (χ4n) is 2.74. The normalized spacial score (nSPS) is 20.6. The molecule has 0 bridgehead atoms. The number of likely N-dealkylation sites (tertiary alicyclic amines) is 1. The predicted octanol–water partition coefficient (Wildman–Crippen LogP) is 3.41. The van der Waals surface area contributed by atoms with Crippen molar-refractivity contribution in [3.8, 4) is 5.75 Å². The van der Waals surface area contributed by atoms with Gasteiger partial charge in [0.2, 0.25) is 0 Å². The molecule has 2 rings (SSSR count). The highest BCUT2D eigenvalue weighted by Gasteiger charge is 2.28. The third kappa shape index (κ3) is 3.53.